The highest BCUT2D eigenvalue weighted by molar-refractivity contribution is 7.89. The van der Waals surface area contributed by atoms with Crippen molar-refractivity contribution in [2.45, 2.75) is 12.6 Å². The highest BCUT2D eigenvalue weighted by Gasteiger charge is 2.35. The minimum atomic E-state index is -3.32. The van der Waals surface area contributed by atoms with Gasteiger partial charge in [0, 0.05) is 39.6 Å². The molecule has 1 saturated heterocycles. The molecule has 1 aliphatic heterocycles. The number of aliphatic hydroxyl groups is 1. The van der Waals surface area contributed by atoms with E-state index in [4.69, 9.17) is 5.26 Å². The van der Waals surface area contributed by atoms with Crippen molar-refractivity contribution < 1.29 is 13.5 Å². The predicted octanol–water partition coefficient (Wildman–Crippen LogP) is 0.242. The van der Waals surface area contributed by atoms with Crippen molar-refractivity contribution in [1.82, 2.24) is 9.21 Å². The van der Waals surface area contributed by atoms with Crippen LogP contribution in [0.5, 0.6) is 0 Å². The summed E-state index contributed by atoms with van der Waals surface area (Å²) in [7, 11) is -0.314. The maximum absolute atomic E-state index is 11.9. The third kappa shape index (κ3) is 4.05. The first-order chi connectivity index (χ1) is 10.3. The fourth-order valence-corrected chi connectivity index (χ4v) is 3.82. The van der Waals surface area contributed by atoms with E-state index < -0.39 is 16.1 Å². The average Bonchev–Trinajstić information content (AvgIpc) is 2.78. The molecule has 1 aromatic rings. The van der Waals surface area contributed by atoms with Crippen molar-refractivity contribution in [3.63, 3.8) is 0 Å². The fraction of sp³-hybridized carbons (Fsp3) is 0.533. The van der Waals surface area contributed by atoms with E-state index in [0.29, 0.717) is 25.2 Å². The van der Waals surface area contributed by atoms with Gasteiger partial charge in [0.2, 0.25) is 10.0 Å². The first kappa shape index (κ1) is 16.9. The fourth-order valence-electron chi connectivity index (χ4n) is 2.65. The summed E-state index contributed by atoms with van der Waals surface area (Å²) < 4.78 is 25.1. The molecule has 1 heterocycles. The highest BCUT2D eigenvalue weighted by Crippen LogP contribution is 2.22. The van der Waals surface area contributed by atoms with E-state index in [1.165, 1.54) is 18.4 Å². The maximum Gasteiger partial charge on any atom is 0.214 e. The van der Waals surface area contributed by atoms with Gasteiger partial charge in [0.15, 0.2) is 0 Å². The molecular formula is C15H21N3O3S. The summed E-state index contributed by atoms with van der Waals surface area (Å²) in [4.78, 5) is 2.02. The largest absolute Gasteiger partial charge is 0.391 e. The highest BCUT2D eigenvalue weighted by atomic mass is 32.2. The van der Waals surface area contributed by atoms with Crippen LogP contribution in [0.1, 0.15) is 11.1 Å². The van der Waals surface area contributed by atoms with E-state index in [0.717, 1.165) is 5.56 Å². The Morgan fingerprint density at radius 1 is 1.41 bits per heavy atom. The van der Waals surface area contributed by atoms with Crippen LogP contribution in [0.3, 0.4) is 0 Å². The maximum atomic E-state index is 11.9. The Labute approximate surface area is 131 Å². The zero-order valence-corrected chi connectivity index (χ0v) is 13.6. The predicted molar refractivity (Wildman–Crippen MR) is 83.4 cm³/mol. The lowest BCUT2D eigenvalue weighted by Crippen LogP contribution is -2.33. The number of rotatable bonds is 5. The lowest BCUT2D eigenvalue weighted by atomic mass is 10.1. The van der Waals surface area contributed by atoms with Crippen molar-refractivity contribution in [3.05, 3.63) is 35.4 Å². The van der Waals surface area contributed by atoms with Gasteiger partial charge in [0.25, 0.3) is 0 Å². The van der Waals surface area contributed by atoms with Crippen molar-refractivity contribution in [2.24, 2.45) is 5.92 Å². The van der Waals surface area contributed by atoms with Crippen LogP contribution in [-0.4, -0.2) is 61.8 Å². The summed E-state index contributed by atoms with van der Waals surface area (Å²) in [5.41, 5.74) is 1.59. The third-order valence-corrected chi connectivity index (χ3v) is 5.89. The molecule has 0 spiro atoms. The first-order valence-corrected chi connectivity index (χ1v) is 8.72. The number of hydrogen-bond acceptors (Lipinski definition) is 5. The Bertz CT molecular complexity index is 667. The van der Waals surface area contributed by atoms with Crippen LogP contribution < -0.4 is 0 Å². The van der Waals surface area contributed by atoms with Crippen LogP contribution in [0.4, 0.5) is 0 Å². The van der Waals surface area contributed by atoms with Crippen LogP contribution in [0.25, 0.3) is 0 Å². The minimum Gasteiger partial charge on any atom is -0.391 e. The zero-order chi connectivity index (χ0) is 16.3. The molecule has 2 rings (SSSR count). The Kier molecular flexibility index (Phi) is 5.19. The van der Waals surface area contributed by atoms with E-state index in [9.17, 15) is 13.5 Å². The van der Waals surface area contributed by atoms with Crippen LogP contribution in [0.2, 0.25) is 0 Å². The van der Waals surface area contributed by atoms with Gasteiger partial charge in [-0.05, 0) is 17.7 Å². The molecule has 0 aromatic heterocycles. The molecule has 2 atom stereocenters. The van der Waals surface area contributed by atoms with Crippen LogP contribution >= 0.6 is 0 Å². The molecule has 0 saturated carbocycles. The molecule has 0 unspecified atom stereocenters. The van der Waals surface area contributed by atoms with Gasteiger partial charge in [0.1, 0.15) is 0 Å². The average molecular weight is 323 g/mol. The lowest BCUT2D eigenvalue weighted by Gasteiger charge is -2.18. The van der Waals surface area contributed by atoms with Crippen molar-refractivity contribution >= 4 is 10.0 Å². The van der Waals surface area contributed by atoms with E-state index in [-0.39, 0.29) is 11.7 Å². The van der Waals surface area contributed by atoms with Crippen LogP contribution in [-0.2, 0) is 16.6 Å². The molecule has 0 radical (unpaired) electrons. The molecule has 1 aliphatic rings. The molecular weight excluding hydrogens is 302 g/mol. The molecule has 0 bridgehead atoms. The van der Waals surface area contributed by atoms with Gasteiger partial charge in [-0.1, -0.05) is 12.1 Å². The van der Waals surface area contributed by atoms with Gasteiger partial charge in [-0.3, -0.25) is 4.90 Å². The summed E-state index contributed by atoms with van der Waals surface area (Å²) in [6.07, 6.45) is -0.645. The van der Waals surface area contributed by atoms with Gasteiger partial charge >= 0.3 is 0 Å². The normalized spacial score (nSPS) is 22.9. The number of likely N-dealkylation sites (tertiary alicyclic amines) is 1. The van der Waals surface area contributed by atoms with Gasteiger partial charge in [0.05, 0.1) is 23.5 Å². The van der Waals surface area contributed by atoms with E-state index >= 15 is 0 Å². The third-order valence-electron chi connectivity index (χ3n) is 3.93. The Balaban J connectivity index is 2.00. The SMILES string of the molecule is CN(C)S(=O)(=O)C[C@@H]1CN(Cc2cccc(C#N)c2)C[C@H]1O. The first-order valence-electron chi connectivity index (χ1n) is 7.11. The molecule has 0 aliphatic carbocycles. The second-order valence-corrected chi connectivity index (χ2v) is 8.12. The second kappa shape index (κ2) is 6.75. The Hall–Kier alpha value is -1.46. The van der Waals surface area contributed by atoms with Crippen molar-refractivity contribution in [1.29, 1.82) is 5.26 Å². The molecule has 1 N–H and O–H groups in total. The summed E-state index contributed by atoms with van der Waals surface area (Å²) >= 11 is 0. The summed E-state index contributed by atoms with van der Waals surface area (Å²) in [6.45, 7) is 1.58. The van der Waals surface area contributed by atoms with Crippen molar-refractivity contribution in [2.75, 3.05) is 32.9 Å². The summed E-state index contributed by atoms with van der Waals surface area (Å²) in [5.74, 6) is -0.331. The smallest absolute Gasteiger partial charge is 0.214 e. The molecule has 1 fully saturated rings. The molecule has 22 heavy (non-hydrogen) atoms. The van der Waals surface area contributed by atoms with Crippen LogP contribution in [0, 0.1) is 17.2 Å². The summed E-state index contributed by atoms with van der Waals surface area (Å²) in [5, 5.41) is 19.0. The number of nitriles is 1. The quantitative estimate of drug-likeness (QED) is 0.839. The number of hydrogen-bond donors (Lipinski definition) is 1. The number of β-amino-alcohol motifs (C(OH)–C–C–N with tert-alkyl or cyclic N) is 1. The molecule has 0 amide bonds. The van der Waals surface area contributed by atoms with Gasteiger partial charge in [-0.25, -0.2) is 12.7 Å². The number of aliphatic hydroxyl groups excluding tert-OH is 1. The van der Waals surface area contributed by atoms with E-state index in [1.54, 1.807) is 6.07 Å². The topological polar surface area (TPSA) is 84.6 Å². The molecule has 7 heteroatoms. The van der Waals surface area contributed by atoms with Crippen molar-refractivity contribution in [3.8, 4) is 6.07 Å². The standard InChI is InChI=1S/C15H21N3O3S/c1-17(2)22(20,21)11-14-9-18(10-15(14)19)8-13-5-3-4-12(6-13)7-16/h3-6,14-15,19H,8-11H2,1-2H3/t14-,15+/m0/s1. The Morgan fingerprint density at radius 3 is 2.77 bits per heavy atom. The van der Waals surface area contributed by atoms with Gasteiger partial charge in [-0.2, -0.15) is 5.26 Å². The monoisotopic (exact) mass is 323 g/mol. The molecule has 120 valence electrons. The van der Waals surface area contributed by atoms with Gasteiger partial charge in [-0.15, -0.1) is 0 Å². The number of nitrogens with zero attached hydrogens (tertiary/aromatic N) is 3. The van der Waals surface area contributed by atoms with Crippen LogP contribution in [0.15, 0.2) is 24.3 Å². The van der Waals surface area contributed by atoms with Gasteiger partial charge < -0.3 is 5.11 Å². The zero-order valence-electron chi connectivity index (χ0n) is 12.8. The summed E-state index contributed by atoms with van der Waals surface area (Å²) in [6, 6.07) is 9.42. The lowest BCUT2D eigenvalue weighted by molar-refractivity contribution is 0.148. The second-order valence-electron chi connectivity index (χ2n) is 5.89. The molecule has 6 nitrogen and oxygen atoms in total. The number of benzene rings is 1. The number of sulfonamides is 1. The minimum absolute atomic E-state index is 0.0457. The van der Waals surface area contributed by atoms with E-state index in [1.807, 2.05) is 23.1 Å². The van der Waals surface area contributed by atoms with E-state index in [2.05, 4.69) is 6.07 Å². The Morgan fingerprint density at radius 2 is 2.14 bits per heavy atom. The molecule has 1 aromatic carbocycles.